The largest absolute Gasteiger partial charge is 0.368 e. The highest BCUT2D eigenvalue weighted by atomic mass is 32.2. The molecule has 3 N–H and O–H groups in total. The molecule has 0 radical (unpaired) electrons. The molecule has 1 aromatic heterocycles. The number of primary amides is 1. The smallest absolute Gasteiger partial charge is 0.238 e. The van der Waals surface area contributed by atoms with Crippen molar-refractivity contribution in [3.05, 3.63) is 6.33 Å². The van der Waals surface area contributed by atoms with Crippen LogP contribution >= 0.6 is 23.3 Å². The van der Waals surface area contributed by atoms with Crippen molar-refractivity contribution in [2.75, 3.05) is 12.3 Å². The van der Waals surface area contributed by atoms with E-state index in [-0.39, 0.29) is 5.91 Å². The molecule has 20 heavy (non-hydrogen) atoms. The molecule has 7 heteroatoms. The lowest BCUT2D eigenvalue weighted by atomic mass is 9.84. The summed E-state index contributed by atoms with van der Waals surface area (Å²) in [6.45, 7) is 2.96. The Labute approximate surface area is 128 Å². The zero-order valence-corrected chi connectivity index (χ0v) is 13.4. The highest BCUT2D eigenvalue weighted by Crippen LogP contribution is 2.39. The van der Waals surface area contributed by atoms with Gasteiger partial charge in [-0.3, -0.25) is 4.79 Å². The second-order valence-corrected chi connectivity index (χ2v) is 7.32. The Morgan fingerprint density at radius 1 is 1.70 bits per heavy atom. The fraction of sp³-hybridized carbons (Fsp3) is 0.769. The zero-order chi connectivity index (χ0) is 14.4. The van der Waals surface area contributed by atoms with Crippen LogP contribution in [0.2, 0.25) is 0 Å². The molecule has 5 nitrogen and oxygen atoms in total. The van der Waals surface area contributed by atoms with Crippen LogP contribution in [0.15, 0.2) is 10.7 Å². The van der Waals surface area contributed by atoms with Crippen LogP contribution < -0.4 is 11.1 Å². The molecule has 0 saturated heterocycles. The third-order valence-electron chi connectivity index (χ3n) is 3.98. The highest BCUT2D eigenvalue weighted by molar-refractivity contribution is 8.00. The molecule has 2 atom stereocenters. The maximum atomic E-state index is 12.0. The predicted molar refractivity (Wildman–Crippen MR) is 82.8 cm³/mol. The zero-order valence-electron chi connectivity index (χ0n) is 11.8. The van der Waals surface area contributed by atoms with Gasteiger partial charge in [-0.05, 0) is 49.7 Å². The van der Waals surface area contributed by atoms with Crippen molar-refractivity contribution in [2.24, 2.45) is 11.7 Å². The van der Waals surface area contributed by atoms with Gasteiger partial charge in [0, 0.05) is 5.75 Å². The molecule has 1 aromatic rings. The quantitative estimate of drug-likeness (QED) is 0.718. The summed E-state index contributed by atoms with van der Waals surface area (Å²) in [5, 5.41) is 3.43. The van der Waals surface area contributed by atoms with Crippen molar-refractivity contribution in [3.8, 4) is 0 Å². The average molecular weight is 314 g/mol. The summed E-state index contributed by atoms with van der Waals surface area (Å²) in [4.78, 5) is 16.1. The number of hydrogen-bond acceptors (Lipinski definition) is 6. The Balaban J connectivity index is 1.92. The molecule has 1 fully saturated rings. The molecule has 0 bridgehead atoms. The molecule has 0 aromatic carbocycles. The van der Waals surface area contributed by atoms with Gasteiger partial charge in [-0.2, -0.15) is 4.37 Å². The lowest BCUT2D eigenvalue weighted by Crippen LogP contribution is -2.58. The average Bonchev–Trinajstić information content (AvgIpc) is 3.06. The van der Waals surface area contributed by atoms with Crippen LogP contribution in [0.1, 0.15) is 39.0 Å². The number of amides is 1. The summed E-state index contributed by atoms with van der Waals surface area (Å²) in [5.41, 5.74) is 5.21. The first-order chi connectivity index (χ1) is 9.69. The van der Waals surface area contributed by atoms with Gasteiger partial charge < -0.3 is 11.1 Å². The highest BCUT2D eigenvalue weighted by Gasteiger charge is 2.46. The Morgan fingerprint density at radius 2 is 2.55 bits per heavy atom. The SMILES string of the molecule is CCCNC1(C(N)=O)CCCC1CCSc1ncns1. The molecule has 112 valence electrons. The number of hydrogen-bond donors (Lipinski definition) is 2. The maximum absolute atomic E-state index is 12.0. The minimum Gasteiger partial charge on any atom is -0.368 e. The normalized spacial score (nSPS) is 25.9. The van der Waals surface area contributed by atoms with Crippen LogP contribution in [0.3, 0.4) is 0 Å². The molecule has 1 aliphatic rings. The molecule has 2 rings (SSSR count). The Hall–Kier alpha value is -0.660. The fourth-order valence-corrected chi connectivity index (χ4v) is 4.54. The summed E-state index contributed by atoms with van der Waals surface area (Å²) < 4.78 is 4.99. The van der Waals surface area contributed by atoms with E-state index in [9.17, 15) is 4.79 Å². The second-order valence-electron chi connectivity index (χ2n) is 5.20. The van der Waals surface area contributed by atoms with Crippen LogP contribution in [0.4, 0.5) is 0 Å². The van der Waals surface area contributed by atoms with E-state index < -0.39 is 5.54 Å². The van der Waals surface area contributed by atoms with E-state index in [4.69, 9.17) is 5.73 Å². The van der Waals surface area contributed by atoms with Crippen molar-refractivity contribution in [3.63, 3.8) is 0 Å². The Morgan fingerprint density at radius 3 is 3.20 bits per heavy atom. The van der Waals surface area contributed by atoms with Gasteiger partial charge in [0.15, 0.2) is 4.34 Å². The molecular weight excluding hydrogens is 292 g/mol. The lowest BCUT2D eigenvalue weighted by molar-refractivity contribution is -0.126. The fourth-order valence-electron chi connectivity index (χ4n) is 2.98. The van der Waals surface area contributed by atoms with Crippen molar-refractivity contribution in [1.82, 2.24) is 14.7 Å². The second kappa shape index (κ2) is 7.38. The van der Waals surface area contributed by atoms with E-state index in [1.165, 1.54) is 11.5 Å². The number of nitrogens with two attached hydrogens (primary N) is 1. The summed E-state index contributed by atoms with van der Waals surface area (Å²) in [5.74, 6) is 1.12. The van der Waals surface area contributed by atoms with Gasteiger partial charge in [-0.1, -0.05) is 25.1 Å². The number of carbonyl (C=O) groups is 1. The third kappa shape index (κ3) is 3.51. The number of nitrogens with one attached hydrogen (secondary N) is 1. The molecule has 0 aliphatic heterocycles. The maximum Gasteiger partial charge on any atom is 0.238 e. The molecule has 1 heterocycles. The number of aromatic nitrogens is 2. The summed E-state index contributed by atoms with van der Waals surface area (Å²) in [6, 6.07) is 0. The van der Waals surface area contributed by atoms with Gasteiger partial charge in [-0.15, -0.1) is 0 Å². The number of carbonyl (C=O) groups excluding carboxylic acids is 1. The first-order valence-electron chi connectivity index (χ1n) is 7.13. The van der Waals surface area contributed by atoms with Crippen molar-refractivity contribution < 1.29 is 4.79 Å². The van der Waals surface area contributed by atoms with E-state index in [1.54, 1.807) is 18.1 Å². The predicted octanol–water partition coefficient (Wildman–Crippen LogP) is 2.04. The molecule has 1 aliphatic carbocycles. The van der Waals surface area contributed by atoms with E-state index in [0.29, 0.717) is 5.92 Å². The summed E-state index contributed by atoms with van der Waals surface area (Å²) in [7, 11) is 0. The van der Waals surface area contributed by atoms with Gasteiger partial charge in [-0.25, -0.2) is 4.98 Å². The van der Waals surface area contributed by atoms with E-state index in [1.807, 2.05) is 0 Å². The van der Waals surface area contributed by atoms with Gasteiger partial charge >= 0.3 is 0 Å². The summed E-state index contributed by atoms with van der Waals surface area (Å²) in [6.07, 6.45) is 6.62. The van der Waals surface area contributed by atoms with E-state index >= 15 is 0 Å². The minimum atomic E-state index is -0.488. The molecule has 1 amide bonds. The van der Waals surface area contributed by atoms with E-state index in [0.717, 1.165) is 48.7 Å². The van der Waals surface area contributed by atoms with Gasteiger partial charge in [0.2, 0.25) is 5.91 Å². The van der Waals surface area contributed by atoms with Gasteiger partial charge in [0.05, 0.1) is 0 Å². The molecular formula is C13H22N4OS2. The van der Waals surface area contributed by atoms with Crippen molar-refractivity contribution in [2.45, 2.75) is 48.9 Å². The third-order valence-corrected chi connectivity index (χ3v) is 5.81. The molecule has 2 unspecified atom stereocenters. The van der Waals surface area contributed by atoms with Gasteiger partial charge in [0.25, 0.3) is 0 Å². The first kappa shape index (κ1) is 15.7. The Bertz CT molecular complexity index is 426. The monoisotopic (exact) mass is 314 g/mol. The van der Waals surface area contributed by atoms with Crippen LogP contribution in [0, 0.1) is 5.92 Å². The topological polar surface area (TPSA) is 80.9 Å². The number of thioether (sulfide) groups is 1. The summed E-state index contributed by atoms with van der Waals surface area (Å²) >= 11 is 3.14. The molecule has 0 spiro atoms. The minimum absolute atomic E-state index is 0.186. The number of rotatable bonds is 8. The standard InChI is InChI=1S/C13H22N4OS2/c1-2-7-16-13(11(14)18)6-3-4-10(13)5-8-19-12-15-9-17-20-12/h9-10,16H,2-8H2,1H3,(H2,14,18). The van der Waals surface area contributed by atoms with Crippen molar-refractivity contribution in [1.29, 1.82) is 0 Å². The van der Waals surface area contributed by atoms with Crippen molar-refractivity contribution >= 4 is 29.2 Å². The van der Waals surface area contributed by atoms with Gasteiger partial charge in [0.1, 0.15) is 11.9 Å². The van der Waals surface area contributed by atoms with Crippen LogP contribution in [0.5, 0.6) is 0 Å². The van der Waals surface area contributed by atoms with E-state index in [2.05, 4.69) is 21.6 Å². The van der Waals surface area contributed by atoms with Crippen LogP contribution in [-0.2, 0) is 4.79 Å². The van der Waals surface area contributed by atoms with Crippen LogP contribution in [-0.4, -0.2) is 33.1 Å². The first-order valence-corrected chi connectivity index (χ1v) is 8.89. The molecule has 1 saturated carbocycles. The van der Waals surface area contributed by atoms with Crippen LogP contribution in [0.25, 0.3) is 0 Å². The number of nitrogens with zero attached hydrogens (tertiary/aromatic N) is 2. The Kier molecular flexibility index (Phi) is 5.80. The lowest BCUT2D eigenvalue weighted by Gasteiger charge is -2.33.